The molecule has 3 N–H and O–H groups in total. The second-order valence-corrected chi connectivity index (χ2v) is 6.62. The van der Waals surface area contributed by atoms with Gasteiger partial charge in [-0.3, -0.25) is 0 Å². The van der Waals surface area contributed by atoms with E-state index < -0.39 is 24.4 Å². The van der Waals surface area contributed by atoms with E-state index in [1.54, 1.807) is 0 Å². The molecule has 1 heterocycles. The third-order valence-corrected chi connectivity index (χ3v) is 4.49. The molecule has 1 aliphatic rings. The van der Waals surface area contributed by atoms with Gasteiger partial charge in [-0.05, 0) is 19.3 Å². The first-order chi connectivity index (χ1) is 11.7. The van der Waals surface area contributed by atoms with Crippen LogP contribution in [0.15, 0.2) is 12.2 Å². The van der Waals surface area contributed by atoms with Gasteiger partial charge in [-0.25, -0.2) is 0 Å². The maximum atomic E-state index is 9.99. The zero-order chi connectivity index (χ0) is 17.6. The van der Waals surface area contributed by atoms with Gasteiger partial charge in [0.2, 0.25) is 0 Å². The highest BCUT2D eigenvalue weighted by Crippen LogP contribution is 2.18. The molecule has 0 unspecified atom stereocenters. The standard InChI is InChI=1S/C19H36O5/c1-2-3-4-5-6-7-8-9-10-11-12-13-23-19-16(21)15-24-17(14-20)18(19)22/h10-11,16-22H,2-9,12-15H2,1H3/b11-10+/t16-,17+,18+,19+/m0/s1. The summed E-state index contributed by atoms with van der Waals surface area (Å²) in [5.74, 6) is 0. The summed E-state index contributed by atoms with van der Waals surface area (Å²) in [6.45, 7) is 2.50. The summed E-state index contributed by atoms with van der Waals surface area (Å²) in [4.78, 5) is 0. The molecule has 0 amide bonds. The number of hydrogen-bond acceptors (Lipinski definition) is 5. The largest absolute Gasteiger partial charge is 0.394 e. The average molecular weight is 344 g/mol. The van der Waals surface area contributed by atoms with Crippen LogP contribution in [0, 0.1) is 0 Å². The Bertz CT molecular complexity index is 321. The number of rotatable bonds is 13. The molecule has 24 heavy (non-hydrogen) atoms. The van der Waals surface area contributed by atoms with E-state index in [9.17, 15) is 10.2 Å². The first-order valence-electron chi connectivity index (χ1n) is 9.55. The van der Waals surface area contributed by atoms with Crippen molar-refractivity contribution < 1.29 is 24.8 Å². The predicted octanol–water partition coefficient (Wildman–Crippen LogP) is 2.57. The number of hydrogen-bond donors (Lipinski definition) is 3. The van der Waals surface area contributed by atoms with Gasteiger partial charge in [0.15, 0.2) is 0 Å². The lowest BCUT2D eigenvalue weighted by Gasteiger charge is -2.37. The number of aliphatic hydroxyl groups is 3. The highest BCUT2D eigenvalue weighted by Gasteiger charge is 2.38. The van der Waals surface area contributed by atoms with Gasteiger partial charge < -0.3 is 24.8 Å². The average Bonchev–Trinajstić information content (AvgIpc) is 2.58. The van der Waals surface area contributed by atoms with Gasteiger partial charge in [-0.1, -0.05) is 57.6 Å². The van der Waals surface area contributed by atoms with E-state index in [-0.39, 0.29) is 13.2 Å². The highest BCUT2D eigenvalue weighted by molar-refractivity contribution is 4.88. The van der Waals surface area contributed by atoms with Crippen molar-refractivity contribution in [2.45, 2.75) is 89.1 Å². The van der Waals surface area contributed by atoms with Gasteiger partial charge in [0.25, 0.3) is 0 Å². The normalized spacial score (nSPS) is 27.8. The number of unbranched alkanes of at least 4 members (excludes halogenated alkanes) is 7. The first-order valence-corrected chi connectivity index (χ1v) is 9.55. The molecule has 0 radical (unpaired) electrons. The van der Waals surface area contributed by atoms with Crippen LogP contribution >= 0.6 is 0 Å². The second-order valence-electron chi connectivity index (χ2n) is 6.62. The Morgan fingerprint density at radius 3 is 2.38 bits per heavy atom. The van der Waals surface area contributed by atoms with Crippen LogP contribution in [0.1, 0.15) is 64.7 Å². The molecule has 1 saturated heterocycles. The van der Waals surface area contributed by atoms with Crippen LogP contribution in [-0.2, 0) is 9.47 Å². The lowest BCUT2D eigenvalue weighted by molar-refractivity contribution is -0.210. The van der Waals surface area contributed by atoms with E-state index in [1.165, 1.54) is 44.9 Å². The molecule has 1 fully saturated rings. The summed E-state index contributed by atoms with van der Waals surface area (Å²) in [5.41, 5.74) is 0. The van der Waals surface area contributed by atoms with E-state index >= 15 is 0 Å². The molecular formula is C19H36O5. The van der Waals surface area contributed by atoms with Crippen LogP contribution in [0.2, 0.25) is 0 Å². The van der Waals surface area contributed by atoms with Crippen molar-refractivity contribution >= 4 is 0 Å². The van der Waals surface area contributed by atoms with Crippen molar-refractivity contribution in [3.05, 3.63) is 12.2 Å². The zero-order valence-corrected chi connectivity index (χ0v) is 15.1. The van der Waals surface area contributed by atoms with Crippen LogP contribution < -0.4 is 0 Å². The fourth-order valence-corrected chi connectivity index (χ4v) is 2.95. The molecule has 0 aromatic carbocycles. The molecule has 0 spiro atoms. The van der Waals surface area contributed by atoms with Gasteiger partial charge in [-0.2, -0.15) is 0 Å². The Morgan fingerprint density at radius 1 is 1.00 bits per heavy atom. The van der Waals surface area contributed by atoms with E-state index in [1.807, 2.05) is 0 Å². The summed E-state index contributed by atoms with van der Waals surface area (Å²) < 4.78 is 10.7. The SMILES string of the molecule is CCCCCCCCC/C=C/CCO[C@H]1[C@H](O)[C@@H](CO)OC[C@@H]1O. The molecule has 142 valence electrons. The highest BCUT2D eigenvalue weighted by atomic mass is 16.6. The Kier molecular flexibility index (Phi) is 12.4. The Balaban J connectivity index is 2.02. The van der Waals surface area contributed by atoms with Crippen LogP contribution in [0.4, 0.5) is 0 Å². The Morgan fingerprint density at radius 2 is 1.67 bits per heavy atom. The summed E-state index contributed by atoms with van der Waals surface area (Å²) in [7, 11) is 0. The summed E-state index contributed by atoms with van der Waals surface area (Å²) >= 11 is 0. The third-order valence-electron chi connectivity index (χ3n) is 4.49. The monoisotopic (exact) mass is 344 g/mol. The van der Waals surface area contributed by atoms with Crippen molar-refractivity contribution in [1.82, 2.24) is 0 Å². The van der Waals surface area contributed by atoms with Gasteiger partial charge >= 0.3 is 0 Å². The Hall–Kier alpha value is -0.460. The molecule has 0 aromatic rings. The number of allylic oxidation sites excluding steroid dienone is 1. The molecule has 0 saturated carbocycles. The van der Waals surface area contributed by atoms with Gasteiger partial charge in [-0.15, -0.1) is 0 Å². The van der Waals surface area contributed by atoms with Crippen molar-refractivity contribution in [3.8, 4) is 0 Å². The molecule has 5 nitrogen and oxygen atoms in total. The third kappa shape index (κ3) is 8.58. The first kappa shape index (κ1) is 21.6. The predicted molar refractivity (Wildman–Crippen MR) is 94.9 cm³/mol. The smallest absolute Gasteiger partial charge is 0.114 e. The van der Waals surface area contributed by atoms with E-state index in [0.29, 0.717) is 6.61 Å². The van der Waals surface area contributed by atoms with Crippen LogP contribution in [0.5, 0.6) is 0 Å². The lowest BCUT2D eigenvalue weighted by atomic mass is 10.0. The Labute approximate surface area is 146 Å². The van der Waals surface area contributed by atoms with E-state index in [2.05, 4.69) is 19.1 Å². The van der Waals surface area contributed by atoms with Crippen molar-refractivity contribution in [2.24, 2.45) is 0 Å². The second kappa shape index (κ2) is 13.8. The van der Waals surface area contributed by atoms with E-state index in [0.717, 1.165) is 12.8 Å². The number of ether oxygens (including phenoxy) is 2. The lowest BCUT2D eigenvalue weighted by Crippen LogP contribution is -2.55. The van der Waals surface area contributed by atoms with E-state index in [4.69, 9.17) is 14.6 Å². The van der Waals surface area contributed by atoms with Crippen molar-refractivity contribution in [1.29, 1.82) is 0 Å². The van der Waals surface area contributed by atoms with Crippen LogP contribution in [0.3, 0.4) is 0 Å². The maximum absolute atomic E-state index is 9.99. The molecule has 0 aliphatic carbocycles. The summed E-state index contributed by atoms with van der Waals surface area (Å²) in [6.07, 6.45) is 12.2. The number of aliphatic hydroxyl groups excluding tert-OH is 3. The fraction of sp³-hybridized carbons (Fsp3) is 0.895. The van der Waals surface area contributed by atoms with Crippen LogP contribution in [0.25, 0.3) is 0 Å². The molecular weight excluding hydrogens is 308 g/mol. The molecule has 1 aliphatic heterocycles. The van der Waals surface area contributed by atoms with Gasteiger partial charge in [0.1, 0.15) is 24.4 Å². The minimum atomic E-state index is -0.990. The van der Waals surface area contributed by atoms with Crippen LogP contribution in [-0.4, -0.2) is 59.6 Å². The van der Waals surface area contributed by atoms with Crippen molar-refractivity contribution in [2.75, 3.05) is 19.8 Å². The minimum Gasteiger partial charge on any atom is -0.394 e. The molecule has 1 rings (SSSR count). The summed E-state index contributed by atoms with van der Waals surface area (Å²) in [6, 6.07) is 0. The molecule has 5 heteroatoms. The topological polar surface area (TPSA) is 79.2 Å². The minimum absolute atomic E-state index is 0.0844. The molecule has 4 atom stereocenters. The van der Waals surface area contributed by atoms with Crippen molar-refractivity contribution in [3.63, 3.8) is 0 Å². The maximum Gasteiger partial charge on any atom is 0.114 e. The molecule has 0 bridgehead atoms. The quantitative estimate of drug-likeness (QED) is 0.353. The van der Waals surface area contributed by atoms with Gasteiger partial charge in [0.05, 0.1) is 19.8 Å². The fourth-order valence-electron chi connectivity index (χ4n) is 2.95. The zero-order valence-electron chi connectivity index (χ0n) is 15.1. The van der Waals surface area contributed by atoms with Gasteiger partial charge in [0, 0.05) is 0 Å². The molecule has 0 aromatic heterocycles. The summed E-state index contributed by atoms with van der Waals surface area (Å²) in [5, 5.41) is 28.9.